The van der Waals surface area contributed by atoms with Gasteiger partial charge in [0.25, 0.3) is 0 Å². The number of rotatable bonds is 3. The van der Waals surface area contributed by atoms with Crippen LogP contribution in [0.25, 0.3) is 0 Å². The molecule has 0 aromatic heterocycles. The average molecular weight is 244 g/mol. The van der Waals surface area contributed by atoms with Crippen LogP contribution in [0.5, 0.6) is 0 Å². The molecule has 1 aromatic rings. The second-order valence-corrected chi connectivity index (χ2v) is 3.78. The van der Waals surface area contributed by atoms with Gasteiger partial charge in [0.05, 0.1) is 0 Å². The van der Waals surface area contributed by atoms with E-state index in [1.54, 1.807) is 6.92 Å². The highest BCUT2D eigenvalue weighted by Crippen LogP contribution is 2.17. The maximum Gasteiger partial charge on any atom is 0.214 e. The molecule has 1 aromatic carbocycles. The predicted molar refractivity (Wildman–Crippen MR) is 54.3 cm³/mol. The summed E-state index contributed by atoms with van der Waals surface area (Å²) in [5, 5.41) is 10.4. The first-order chi connectivity index (χ1) is 6.11. The minimum atomic E-state index is -0.529. The summed E-state index contributed by atoms with van der Waals surface area (Å²) in [6.07, 6.45) is 0.467. The van der Waals surface area contributed by atoms with Gasteiger partial charge in [0.15, 0.2) is 0 Å². The van der Waals surface area contributed by atoms with Crippen molar-refractivity contribution in [2.24, 2.45) is 0 Å². The molecule has 70 valence electrons. The van der Waals surface area contributed by atoms with Crippen LogP contribution in [0.2, 0.25) is 0 Å². The SMILES string of the molecule is C[C@@H](Cc1ccccc1Br)[N+](=O)[O-]. The topological polar surface area (TPSA) is 43.1 Å². The zero-order chi connectivity index (χ0) is 9.84. The van der Waals surface area contributed by atoms with Crippen LogP contribution in [0.15, 0.2) is 28.7 Å². The first kappa shape index (κ1) is 10.2. The molecule has 0 aliphatic heterocycles. The first-order valence-corrected chi connectivity index (χ1v) is 4.77. The Labute approximate surface area is 85.0 Å². The highest BCUT2D eigenvalue weighted by Gasteiger charge is 2.14. The zero-order valence-corrected chi connectivity index (χ0v) is 8.82. The first-order valence-electron chi connectivity index (χ1n) is 3.98. The van der Waals surface area contributed by atoms with Gasteiger partial charge in [-0.15, -0.1) is 0 Å². The van der Waals surface area contributed by atoms with Gasteiger partial charge in [-0.05, 0) is 11.6 Å². The van der Waals surface area contributed by atoms with Crippen molar-refractivity contribution in [3.8, 4) is 0 Å². The molecule has 0 heterocycles. The molecule has 4 heteroatoms. The fourth-order valence-electron chi connectivity index (χ4n) is 1.06. The molecular formula is C9H10BrNO2. The highest BCUT2D eigenvalue weighted by atomic mass is 79.9. The molecule has 0 aliphatic rings. The quantitative estimate of drug-likeness (QED) is 0.605. The third kappa shape index (κ3) is 2.81. The molecule has 0 radical (unpaired) electrons. The Morgan fingerprint density at radius 2 is 2.15 bits per heavy atom. The Morgan fingerprint density at radius 1 is 1.54 bits per heavy atom. The Bertz CT molecular complexity index is 314. The van der Waals surface area contributed by atoms with E-state index in [-0.39, 0.29) is 4.92 Å². The van der Waals surface area contributed by atoms with Crippen LogP contribution in [-0.2, 0) is 6.42 Å². The third-order valence-electron chi connectivity index (χ3n) is 1.83. The zero-order valence-electron chi connectivity index (χ0n) is 7.24. The van der Waals surface area contributed by atoms with E-state index in [1.165, 1.54) is 0 Å². The smallest absolute Gasteiger partial charge is 0.214 e. The summed E-state index contributed by atoms with van der Waals surface area (Å²) in [6.45, 7) is 1.61. The molecule has 0 fully saturated rings. The summed E-state index contributed by atoms with van der Waals surface area (Å²) < 4.78 is 0.934. The molecule has 0 spiro atoms. The molecule has 0 N–H and O–H groups in total. The van der Waals surface area contributed by atoms with Gasteiger partial charge in [0.1, 0.15) is 0 Å². The number of hydrogen-bond acceptors (Lipinski definition) is 2. The molecular weight excluding hydrogens is 234 g/mol. The van der Waals surface area contributed by atoms with Crippen molar-refractivity contribution >= 4 is 15.9 Å². The normalized spacial score (nSPS) is 12.5. The van der Waals surface area contributed by atoms with Crippen molar-refractivity contribution in [1.82, 2.24) is 0 Å². The Morgan fingerprint density at radius 3 is 2.69 bits per heavy atom. The van der Waals surface area contributed by atoms with Gasteiger partial charge in [-0.1, -0.05) is 34.1 Å². The van der Waals surface area contributed by atoms with Crippen molar-refractivity contribution in [2.75, 3.05) is 0 Å². The molecule has 0 saturated carbocycles. The second-order valence-electron chi connectivity index (χ2n) is 2.93. The maximum atomic E-state index is 10.4. The van der Waals surface area contributed by atoms with Crippen LogP contribution >= 0.6 is 15.9 Å². The van der Waals surface area contributed by atoms with Crippen LogP contribution < -0.4 is 0 Å². The lowest BCUT2D eigenvalue weighted by molar-refractivity contribution is -0.517. The summed E-state index contributed by atoms with van der Waals surface area (Å²) >= 11 is 3.35. The number of nitro groups is 1. The fourth-order valence-corrected chi connectivity index (χ4v) is 1.50. The van der Waals surface area contributed by atoms with Crippen molar-refractivity contribution in [3.05, 3.63) is 44.4 Å². The predicted octanol–water partition coefficient (Wildman–Crippen LogP) is 2.66. The minimum absolute atomic E-state index is 0.264. The van der Waals surface area contributed by atoms with E-state index in [1.807, 2.05) is 24.3 Å². The second kappa shape index (κ2) is 4.37. The third-order valence-corrected chi connectivity index (χ3v) is 2.61. The Balaban J connectivity index is 2.74. The van der Waals surface area contributed by atoms with E-state index in [2.05, 4.69) is 15.9 Å². The lowest BCUT2D eigenvalue weighted by Gasteiger charge is -2.05. The van der Waals surface area contributed by atoms with Crippen molar-refractivity contribution in [1.29, 1.82) is 0 Å². The van der Waals surface area contributed by atoms with Gasteiger partial charge in [-0.2, -0.15) is 0 Å². The monoisotopic (exact) mass is 243 g/mol. The maximum absolute atomic E-state index is 10.4. The molecule has 13 heavy (non-hydrogen) atoms. The molecule has 1 atom stereocenters. The van der Waals surface area contributed by atoms with Crippen LogP contribution in [0.4, 0.5) is 0 Å². The number of nitrogens with zero attached hydrogens (tertiary/aromatic N) is 1. The molecule has 1 rings (SSSR count). The van der Waals surface area contributed by atoms with E-state index < -0.39 is 6.04 Å². The Hall–Kier alpha value is -0.900. The highest BCUT2D eigenvalue weighted by molar-refractivity contribution is 9.10. The van der Waals surface area contributed by atoms with E-state index >= 15 is 0 Å². The fraction of sp³-hybridized carbons (Fsp3) is 0.333. The standard InChI is InChI=1S/C9H10BrNO2/c1-7(11(12)13)6-8-4-2-3-5-9(8)10/h2-5,7H,6H2,1H3/t7-/m0/s1. The van der Waals surface area contributed by atoms with Crippen LogP contribution in [0, 0.1) is 10.1 Å². The van der Waals surface area contributed by atoms with Gasteiger partial charge in [0, 0.05) is 22.7 Å². The number of halogens is 1. The van der Waals surface area contributed by atoms with E-state index in [4.69, 9.17) is 0 Å². The van der Waals surface area contributed by atoms with Crippen LogP contribution in [-0.4, -0.2) is 11.0 Å². The summed E-state index contributed by atoms with van der Waals surface area (Å²) in [4.78, 5) is 10.1. The van der Waals surface area contributed by atoms with Crippen molar-refractivity contribution < 1.29 is 4.92 Å². The molecule has 0 unspecified atom stereocenters. The van der Waals surface area contributed by atoms with Gasteiger partial charge < -0.3 is 0 Å². The lowest BCUT2D eigenvalue weighted by atomic mass is 10.1. The number of hydrogen-bond donors (Lipinski definition) is 0. The van der Waals surface area contributed by atoms with Crippen molar-refractivity contribution in [2.45, 2.75) is 19.4 Å². The van der Waals surface area contributed by atoms with Crippen LogP contribution in [0.3, 0.4) is 0 Å². The summed E-state index contributed by atoms with van der Waals surface area (Å²) in [6, 6.07) is 7.03. The minimum Gasteiger partial charge on any atom is -0.264 e. The van der Waals surface area contributed by atoms with Crippen LogP contribution in [0.1, 0.15) is 12.5 Å². The molecule has 0 bridgehead atoms. The average Bonchev–Trinajstić information content (AvgIpc) is 2.08. The molecule has 0 amide bonds. The molecule has 0 saturated heterocycles. The molecule has 0 aliphatic carbocycles. The van der Waals surface area contributed by atoms with E-state index in [0.717, 1.165) is 10.0 Å². The summed E-state index contributed by atoms with van der Waals surface area (Å²) in [5.74, 6) is 0. The summed E-state index contributed by atoms with van der Waals surface area (Å²) in [5.41, 5.74) is 0.978. The largest absolute Gasteiger partial charge is 0.264 e. The van der Waals surface area contributed by atoms with Gasteiger partial charge >= 0.3 is 0 Å². The van der Waals surface area contributed by atoms with E-state index in [9.17, 15) is 10.1 Å². The number of benzene rings is 1. The van der Waals surface area contributed by atoms with Gasteiger partial charge in [-0.3, -0.25) is 10.1 Å². The lowest BCUT2D eigenvalue weighted by Crippen LogP contribution is -2.17. The Kier molecular flexibility index (Phi) is 3.42. The van der Waals surface area contributed by atoms with E-state index in [0.29, 0.717) is 6.42 Å². The van der Waals surface area contributed by atoms with Gasteiger partial charge in [0.2, 0.25) is 6.04 Å². The van der Waals surface area contributed by atoms with Crippen molar-refractivity contribution in [3.63, 3.8) is 0 Å². The van der Waals surface area contributed by atoms with Gasteiger partial charge in [-0.25, -0.2) is 0 Å². The summed E-state index contributed by atoms with van der Waals surface area (Å²) in [7, 11) is 0. The molecule has 3 nitrogen and oxygen atoms in total.